The van der Waals surface area contributed by atoms with Crippen molar-refractivity contribution in [3.63, 3.8) is 0 Å². The highest BCUT2D eigenvalue weighted by molar-refractivity contribution is 8.00. The van der Waals surface area contributed by atoms with E-state index in [1.807, 2.05) is 0 Å². The van der Waals surface area contributed by atoms with Crippen molar-refractivity contribution in [1.29, 1.82) is 0 Å². The Morgan fingerprint density at radius 1 is 1.28 bits per heavy atom. The van der Waals surface area contributed by atoms with Gasteiger partial charge in [0.15, 0.2) is 0 Å². The summed E-state index contributed by atoms with van der Waals surface area (Å²) >= 11 is 2.06. The normalized spacial score (nSPS) is 25.9. The average molecular weight is 263 g/mol. The zero-order valence-corrected chi connectivity index (χ0v) is 12.4. The molecule has 2 rings (SSSR count). The lowest BCUT2D eigenvalue weighted by molar-refractivity contribution is 0.394. The molecule has 0 aliphatic heterocycles. The third-order valence-corrected chi connectivity index (χ3v) is 4.98. The van der Waals surface area contributed by atoms with Gasteiger partial charge in [0.05, 0.1) is 0 Å². The van der Waals surface area contributed by atoms with Gasteiger partial charge in [-0.25, -0.2) is 0 Å². The molecule has 1 aromatic carbocycles. The molecule has 100 valence electrons. The van der Waals surface area contributed by atoms with Gasteiger partial charge in [0, 0.05) is 16.2 Å². The van der Waals surface area contributed by atoms with Crippen molar-refractivity contribution in [3.05, 3.63) is 29.8 Å². The van der Waals surface area contributed by atoms with Crippen LogP contribution in [0.25, 0.3) is 0 Å². The summed E-state index contributed by atoms with van der Waals surface area (Å²) in [5.74, 6) is 0.911. The second kappa shape index (κ2) is 6.63. The summed E-state index contributed by atoms with van der Waals surface area (Å²) in [4.78, 5) is 1.42. The molecule has 3 atom stereocenters. The van der Waals surface area contributed by atoms with Gasteiger partial charge in [-0.1, -0.05) is 31.9 Å². The minimum absolute atomic E-state index is 0.252. The maximum atomic E-state index is 5.82. The first-order valence-electron chi connectivity index (χ1n) is 7.14. The van der Waals surface area contributed by atoms with E-state index in [2.05, 4.69) is 49.9 Å². The van der Waals surface area contributed by atoms with Gasteiger partial charge in [-0.3, -0.25) is 0 Å². The first kappa shape index (κ1) is 14.0. The zero-order chi connectivity index (χ0) is 13.0. The Kier molecular flexibility index (Phi) is 5.13. The minimum Gasteiger partial charge on any atom is -0.328 e. The van der Waals surface area contributed by atoms with Gasteiger partial charge in [-0.2, -0.15) is 0 Å². The summed E-state index contributed by atoms with van der Waals surface area (Å²) < 4.78 is 0. The van der Waals surface area contributed by atoms with E-state index >= 15 is 0 Å². The summed E-state index contributed by atoms with van der Waals surface area (Å²) in [5.41, 5.74) is 7.18. The van der Waals surface area contributed by atoms with Crippen LogP contribution >= 0.6 is 11.8 Å². The lowest BCUT2D eigenvalue weighted by Gasteiger charge is -2.26. The molecule has 1 aromatic rings. The maximum Gasteiger partial charge on any atom is 0.00969 e. The predicted molar refractivity (Wildman–Crippen MR) is 81.1 cm³/mol. The lowest BCUT2D eigenvalue weighted by atomic mass is 9.91. The van der Waals surface area contributed by atoms with E-state index in [1.165, 1.54) is 36.1 Å². The van der Waals surface area contributed by atoms with E-state index in [4.69, 9.17) is 5.73 Å². The number of benzene rings is 1. The third-order valence-electron chi connectivity index (χ3n) is 3.67. The first-order valence-corrected chi connectivity index (χ1v) is 8.02. The molecule has 1 fully saturated rings. The Morgan fingerprint density at radius 3 is 2.61 bits per heavy atom. The van der Waals surface area contributed by atoms with Crippen molar-refractivity contribution < 1.29 is 0 Å². The fourth-order valence-electron chi connectivity index (χ4n) is 2.75. The van der Waals surface area contributed by atoms with Gasteiger partial charge in [-0.05, 0) is 49.8 Å². The fraction of sp³-hybridized carbons (Fsp3) is 0.625. The van der Waals surface area contributed by atoms with Gasteiger partial charge >= 0.3 is 0 Å². The van der Waals surface area contributed by atoms with Crippen molar-refractivity contribution in [1.82, 2.24) is 0 Å². The van der Waals surface area contributed by atoms with Crippen molar-refractivity contribution in [2.24, 2.45) is 11.7 Å². The largest absolute Gasteiger partial charge is 0.328 e. The molecule has 1 aliphatic carbocycles. The van der Waals surface area contributed by atoms with Crippen molar-refractivity contribution in [3.8, 4) is 0 Å². The standard InChI is InChI=1S/C16H25NS/c1-12-4-3-5-16(10-12)18-15-8-6-14(7-9-15)11-13(2)17/h6-9,12-13,16H,3-5,10-11,17H2,1-2H3. The quantitative estimate of drug-likeness (QED) is 0.879. The second-order valence-corrected chi connectivity index (χ2v) is 7.21. The lowest BCUT2D eigenvalue weighted by Crippen LogP contribution is -2.17. The van der Waals surface area contributed by atoms with Gasteiger partial charge in [0.25, 0.3) is 0 Å². The molecule has 2 N–H and O–H groups in total. The van der Waals surface area contributed by atoms with Gasteiger partial charge in [0.1, 0.15) is 0 Å². The third kappa shape index (κ3) is 4.33. The molecule has 0 radical (unpaired) electrons. The summed E-state index contributed by atoms with van der Waals surface area (Å²) in [6.07, 6.45) is 6.57. The van der Waals surface area contributed by atoms with Gasteiger partial charge in [-0.15, -0.1) is 11.8 Å². The first-order chi connectivity index (χ1) is 8.63. The van der Waals surface area contributed by atoms with E-state index in [0.717, 1.165) is 17.6 Å². The van der Waals surface area contributed by atoms with Crippen LogP contribution in [0.2, 0.25) is 0 Å². The van der Waals surface area contributed by atoms with Crippen molar-refractivity contribution >= 4 is 11.8 Å². The fourth-order valence-corrected chi connectivity index (χ4v) is 4.14. The van der Waals surface area contributed by atoms with Crippen LogP contribution in [0.5, 0.6) is 0 Å². The molecule has 0 bridgehead atoms. The summed E-state index contributed by atoms with van der Waals surface area (Å²) in [7, 11) is 0. The monoisotopic (exact) mass is 263 g/mol. The summed E-state index contributed by atoms with van der Waals surface area (Å²) in [6, 6.07) is 9.25. The molecule has 0 amide bonds. The predicted octanol–water partition coefficient (Wildman–Crippen LogP) is 4.25. The number of nitrogens with two attached hydrogens (primary N) is 1. The molecule has 0 heterocycles. The number of rotatable bonds is 4. The molecule has 1 aliphatic rings. The van der Waals surface area contributed by atoms with Crippen LogP contribution in [-0.2, 0) is 6.42 Å². The van der Waals surface area contributed by atoms with Crippen molar-refractivity contribution in [2.45, 2.75) is 62.1 Å². The Balaban J connectivity index is 1.89. The van der Waals surface area contributed by atoms with Crippen LogP contribution in [-0.4, -0.2) is 11.3 Å². The number of hydrogen-bond donors (Lipinski definition) is 1. The summed E-state index contributed by atoms with van der Waals surface area (Å²) in [5, 5.41) is 0.827. The van der Waals surface area contributed by atoms with Crippen LogP contribution in [0.15, 0.2) is 29.2 Å². The molecule has 1 saturated carbocycles. The van der Waals surface area contributed by atoms with Crippen LogP contribution in [0, 0.1) is 5.92 Å². The van der Waals surface area contributed by atoms with Crippen LogP contribution in [0.3, 0.4) is 0 Å². The van der Waals surface area contributed by atoms with Gasteiger partial charge < -0.3 is 5.73 Å². The number of hydrogen-bond acceptors (Lipinski definition) is 2. The smallest absolute Gasteiger partial charge is 0.00969 e. The van der Waals surface area contributed by atoms with Crippen LogP contribution in [0.4, 0.5) is 0 Å². The highest BCUT2D eigenvalue weighted by Crippen LogP contribution is 2.36. The highest BCUT2D eigenvalue weighted by Gasteiger charge is 2.19. The SMILES string of the molecule is CC(N)Cc1ccc(SC2CCCC(C)C2)cc1. The van der Waals surface area contributed by atoms with E-state index in [0.29, 0.717) is 0 Å². The van der Waals surface area contributed by atoms with Crippen molar-refractivity contribution in [2.75, 3.05) is 0 Å². The van der Waals surface area contributed by atoms with E-state index in [9.17, 15) is 0 Å². The maximum absolute atomic E-state index is 5.82. The Hall–Kier alpha value is -0.470. The topological polar surface area (TPSA) is 26.0 Å². The van der Waals surface area contributed by atoms with E-state index in [-0.39, 0.29) is 6.04 Å². The Bertz CT molecular complexity index is 358. The number of thioether (sulfide) groups is 1. The van der Waals surface area contributed by atoms with E-state index < -0.39 is 0 Å². The molecular weight excluding hydrogens is 238 g/mol. The zero-order valence-electron chi connectivity index (χ0n) is 11.6. The van der Waals surface area contributed by atoms with Gasteiger partial charge in [0.2, 0.25) is 0 Å². The molecule has 0 spiro atoms. The Morgan fingerprint density at radius 2 is 2.00 bits per heavy atom. The van der Waals surface area contributed by atoms with Crippen LogP contribution in [0.1, 0.15) is 45.1 Å². The van der Waals surface area contributed by atoms with E-state index in [1.54, 1.807) is 0 Å². The van der Waals surface area contributed by atoms with Crippen LogP contribution < -0.4 is 5.73 Å². The average Bonchev–Trinajstić information content (AvgIpc) is 2.31. The molecule has 1 nitrogen and oxygen atoms in total. The highest BCUT2D eigenvalue weighted by atomic mass is 32.2. The molecular formula is C16H25NS. The summed E-state index contributed by atoms with van der Waals surface area (Å²) in [6.45, 7) is 4.45. The molecule has 0 saturated heterocycles. The second-order valence-electron chi connectivity index (χ2n) is 5.84. The molecule has 18 heavy (non-hydrogen) atoms. The Labute approximate surface area is 116 Å². The molecule has 3 unspecified atom stereocenters. The minimum atomic E-state index is 0.252. The molecule has 2 heteroatoms. The molecule has 0 aromatic heterocycles.